The zero-order chi connectivity index (χ0) is 14.6. The summed E-state index contributed by atoms with van der Waals surface area (Å²) >= 11 is 0. The van der Waals surface area contributed by atoms with Crippen molar-refractivity contribution in [2.45, 2.75) is 39.2 Å². The zero-order valence-electron chi connectivity index (χ0n) is 12.2. The van der Waals surface area contributed by atoms with Gasteiger partial charge in [-0.05, 0) is 43.9 Å². The molecule has 1 aliphatic rings. The summed E-state index contributed by atoms with van der Waals surface area (Å²) in [6.07, 6.45) is 2.63. The van der Waals surface area contributed by atoms with Crippen LogP contribution in [-0.2, 0) is 16.4 Å². The Morgan fingerprint density at radius 2 is 1.95 bits per heavy atom. The number of piperidine rings is 1. The minimum Gasteiger partial charge on any atom is -0.490 e. The summed E-state index contributed by atoms with van der Waals surface area (Å²) in [6, 6.07) is 8.12. The van der Waals surface area contributed by atoms with Crippen molar-refractivity contribution >= 4 is 10.0 Å². The predicted octanol–water partition coefficient (Wildman–Crippen LogP) is 2.44. The molecule has 5 heteroatoms. The lowest BCUT2D eigenvalue weighted by atomic mass is 10.1. The van der Waals surface area contributed by atoms with Crippen LogP contribution in [0.5, 0.6) is 5.75 Å². The highest BCUT2D eigenvalue weighted by Gasteiger charge is 2.27. The highest BCUT2D eigenvalue weighted by molar-refractivity contribution is 7.89. The third-order valence-corrected chi connectivity index (χ3v) is 5.65. The molecule has 1 fully saturated rings. The monoisotopic (exact) mass is 297 g/mol. The zero-order valence-corrected chi connectivity index (χ0v) is 13.0. The molecule has 0 saturated carbocycles. The summed E-state index contributed by atoms with van der Waals surface area (Å²) in [4.78, 5) is 0. The van der Waals surface area contributed by atoms with Gasteiger partial charge < -0.3 is 4.74 Å². The summed E-state index contributed by atoms with van der Waals surface area (Å²) in [7, 11) is -3.05. The van der Waals surface area contributed by atoms with Crippen LogP contribution in [0.15, 0.2) is 24.3 Å². The first-order valence-electron chi connectivity index (χ1n) is 7.28. The number of benzene rings is 1. The molecule has 1 heterocycles. The van der Waals surface area contributed by atoms with Crippen molar-refractivity contribution in [2.24, 2.45) is 0 Å². The van der Waals surface area contributed by atoms with Gasteiger partial charge in [-0.25, -0.2) is 12.7 Å². The van der Waals surface area contributed by atoms with Gasteiger partial charge in [-0.2, -0.15) is 0 Å². The fourth-order valence-electron chi connectivity index (χ4n) is 2.44. The molecular formula is C15H23NO3S. The van der Waals surface area contributed by atoms with Crippen LogP contribution >= 0.6 is 0 Å². The quantitative estimate of drug-likeness (QED) is 0.838. The number of aryl methyl sites for hydroxylation is 1. The Balaban J connectivity index is 1.91. The lowest BCUT2D eigenvalue weighted by Gasteiger charge is -2.31. The second-order valence-electron chi connectivity index (χ2n) is 5.12. The Labute approximate surface area is 121 Å². The van der Waals surface area contributed by atoms with E-state index in [1.807, 2.05) is 12.1 Å². The van der Waals surface area contributed by atoms with Crippen LogP contribution in [0.2, 0.25) is 0 Å². The molecule has 4 nitrogen and oxygen atoms in total. The van der Waals surface area contributed by atoms with E-state index in [9.17, 15) is 8.42 Å². The molecule has 1 aromatic carbocycles. The molecule has 0 N–H and O–H groups in total. The molecule has 1 saturated heterocycles. The number of rotatable bonds is 5. The van der Waals surface area contributed by atoms with E-state index in [1.165, 1.54) is 5.56 Å². The number of ether oxygens (including phenoxy) is 1. The maximum atomic E-state index is 11.8. The van der Waals surface area contributed by atoms with Crippen LogP contribution in [0.4, 0.5) is 0 Å². The summed E-state index contributed by atoms with van der Waals surface area (Å²) in [5, 5.41) is 0. The molecule has 0 bridgehead atoms. The molecule has 0 atom stereocenters. The van der Waals surface area contributed by atoms with Gasteiger partial charge in [0.2, 0.25) is 10.0 Å². The molecule has 0 spiro atoms. The lowest BCUT2D eigenvalue weighted by molar-refractivity contribution is 0.135. The number of sulfonamides is 1. The van der Waals surface area contributed by atoms with Crippen molar-refractivity contribution in [3.05, 3.63) is 29.8 Å². The first kappa shape index (κ1) is 15.3. The van der Waals surface area contributed by atoms with E-state index in [0.29, 0.717) is 13.1 Å². The maximum absolute atomic E-state index is 11.8. The van der Waals surface area contributed by atoms with Gasteiger partial charge >= 0.3 is 0 Å². The van der Waals surface area contributed by atoms with Crippen molar-refractivity contribution in [1.82, 2.24) is 4.31 Å². The molecule has 20 heavy (non-hydrogen) atoms. The normalized spacial score (nSPS) is 18.1. The van der Waals surface area contributed by atoms with Crippen LogP contribution in [0.3, 0.4) is 0 Å². The number of hydrogen-bond donors (Lipinski definition) is 0. The van der Waals surface area contributed by atoms with E-state index in [2.05, 4.69) is 19.1 Å². The average Bonchev–Trinajstić information content (AvgIpc) is 2.48. The van der Waals surface area contributed by atoms with E-state index in [0.717, 1.165) is 25.0 Å². The maximum Gasteiger partial charge on any atom is 0.213 e. The Bertz CT molecular complexity index is 534. The molecular weight excluding hydrogens is 274 g/mol. The summed E-state index contributed by atoms with van der Waals surface area (Å²) in [5.41, 5.74) is 1.26. The van der Waals surface area contributed by atoms with Gasteiger partial charge in [-0.3, -0.25) is 0 Å². The van der Waals surface area contributed by atoms with Crippen LogP contribution in [0.1, 0.15) is 32.3 Å². The van der Waals surface area contributed by atoms with Crippen LogP contribution in [0, 0.1) is 0 Å². The molecule has 2 rings (SSSR count). The van der Waals surface area contributed by atoms with E-state index in [4.69, 9.17) is 4.74 Å². The van der Waals surface area contributed by atoms with Crippen molar-refractivity contribution in [3.8, 4) is 5.75 Å². The van der Waals surface area contributed by atoms with E-state index in [-0.39, 0.29) is 11.9 Å². The summed E-state index contributed by atoms with van der Waals surface area (Å²) in [6.45, 7) is 4.93. The summed E-state index contributed by atoms with van der Waals surface area (Å²) < 4.78 is 31.1. The minimum absolute atomic E-state index is 0.116. The SMILES string of the molecule is CCc1cccc(OC2CCN(S(=O)(=O)CC)CC2)c1. The number of nitrogens with zero attached hydrogens (tertiary/aromatic N) is 1. The molecule has 112 valence electrons. The van der Waals surface area contributed by atoms with Crippen molar-refractivity contribution in [3.63, 3.8) is 0 Å². The first-order chi connectivity index (χ1) is 9.55. The summed E-state index contributed by atoms with van der Waals surface area (Å²) in [5.74, 6) is 1.07. The smallest absolute Gasteiger partial charge is 0.213 e. The van der Waals surface area contributed by atoms with Crippen LogP contribution < -0.4 is 4.74 Å². The third kappa shape index (κ3) is 3.73. The van der Waals surface area contributed by atoms with Gasteiger partial charge in [0, 0.05) is 13.1 Å². The van der Waals surface area contributed by atoms with Crippen LogP contribution in [-0.4, -0.2) is 37.7 Å². The Hall–Kier alpha value is -1.07. The fraction of sp³-hybridized carbons (Fsp3) is 0.600. The third-order valence-electron chi connectivity index (χ3n) is 3.77. The molecule has 1 aromatic rings. The van der Waals surface area contributed by atoms with Gasteiger partial charge in [0.25, 0.3) is 0 Å². The average molecular weight is 297 g/mol. The second-order valence-corrected chi connectivity index (χ2v) is 7.38. The van der Waals surface area contributed by atoms with Gasteiger partial charge in [0.15, 0.2) is 0 Å². The largest absolute Gasteiger partial charge is 0.490 e. The van der Waals surface area contributed by atoms with Crippen molar-refractivity contribution < 1.29 is 13.2 Å². The van der Waals surface area contributed by atoms with Crippen molar-refractivity contribution in [1.29, 1.82) is 0 Å². The van der Waals surface area contributed by atoms with Gasteiger partial charge in [0.05, 0.1) is 5.75 Å². The molecule has 0 amide bonds. The highest BCUT2D eigenvalue weighted by Crippen LogP contribution is 2.21. The Kier molecular flexibility index (Phi) is 5.05. The molecule has 0 aliphatic carbocycles. The van der Waals surface area contributed by atoms with E-state index in [1.54, 1.807) is 11.2 Å². The predicted molar refractivity (Wildman–Crippen MR) is 80.5 cm³/mol. The van der Waals surface area contributed by atoms with Gasteiger partial charge in [-0.1, -0.05) is 19.1 Å². The molecule has 0 radical (unpaired) electrons. The lowest BCUT2D eigenvalue weighted by Crippen LogP contribution is -2.42. The second kappa shape index (κ2) is 6.59. The van der Waals surface area contributed by atoms with Crippen molar-refractivity contribution in [2.75, 3.05) is 18.8 Å². The molecule has 0 aromatic heterocycles. The standard InChI is InChI=1S/C15H23NO3S/c1-3-13-6-5-7-15(12-13)19-14-8-10-16(11-9-14)20(17,18)4-2/h5-7,12,14H,3-4,8-11H2,1-2H3. The van der Waals surface area contributed by atoms with E-state index < -0.39 is 10.0 Å². The Morgan fingerprint density at radius 1 is 1.25 bits per heavy atom. The fourth-order valence-corrected chi connectivity index (χ4v) is 3.57. The first-order valence-corrected chi connectivity index (χ1v) is 8.89. The van der Waals surface area contributed by atoms with Gasteiger partial charge in [0.1, 0.15) is 11.9 Å². The Morgan fingerprint density at radius 3 is 2.55 bits per heavy atom. The molecule has 0 unspecified atom stereocenters. The minimum atomic E-state index is -3.05. The van der Waals surface area contributed by atoms with E-state index >= 15 is 0 Å². The molecule has 1 aliphatic heterocycles. The highest BCUT2D eigenvalue weighted by atomic mass is 32.2. The van der Waals surface area contributed by atoms with Crippen LogP contribution in [0.25, 0.3) is 0 Å². The number of hydrogen-bond acceptors (Lipinski definition) is 3. The topological polar surface area (TPSA) is 46.6 Å². The van der Waals surface area contributed by atoms with Gasteiger partial charge in [-0.15, -0.1) is 0 Å².